The third kappa shape index (κ3) is 5.45. The number of methoxy groups -OCH3 is 1. The number of thioether (sulfide) groups is 1. The van der Waals surface area contributed by atoms with Crippen LogP contribution in [0.1, 0.15) is 16.1 Å². The number of pyridine rings is 1. The van der Waals surface area contributed by atoms with Gasteiger partial charge in [0.05, 0.1) is 23.8 Å². The van der Waals surface area contributed by atoms with Gasteiger partial charge in [-0.05, 0) is 52.2 Å². The summed E-state index contributed by atoms with van der Waals surface area (Å²) in [5.74, 6) is 5.68. The second kappa shape index (κ2) is 9.53. The fourth-order valence-corrected chi connectivity index (χ4v) is 3.78. The third-order valence-corrected chi connectivity index (χ3v) is 5.47. The Labute approximate surface area is 188 Å². The number of ether oxygens (including phenoxy) is 1. The summed E-state index contributed by atoms with van der Waals surface area (Å²) in [7, 11) is 2.99. The Bertz CT molecular complexity index is 1180. The SMILES string of the molecule is CNC(=O)c1ccc(NCC#Cc2nc3c(Br)cccn3c2SC(F)(F)F)c(OC)c1. The molecule has 0 bridgehead atoms. The number of aromatic nitrogens is 2. The number of benzene rings is 1. The first-order valence-electron chi connectivity index (χ1n) is 8.78. The van der Waals surface area contributed by atoms with Crippen LogP contribution in [0.25, 0.3) is 5.65 Å². The van der Waals surface area contributed by atoms with Gasteiger partial charge in [-0.25, -0.2) is 4.98 Å². The molecule has 6 nitrogen and oxygen atoms in total. The number of hydrogen-bond donors (Lipinski definition) is 2. The summed E-state index contributed by atoms with van der Waals surface area (Å²) in [5, 5.41) is 5.45. The predicted molar refractivity (Wildman–Crippen MR) is 117 cm³/mol. The summed E-state index contributed by atoms with van der Waals surface area (Å²) in [6.45, 7) is 0.126. The van der Waals surface area contributed by atoms with E-state index in [1.807, 2.05) is 0 Å². The first-order valence-corrected chi connectivity index (χ1v) is 10.4. The molecule has 162 valence electrons. The van der Waals surface area contributed by atoms with Crippen molar-refractivity contribution in [3.05, 3.63) is 52.3 Å². The van der Waals surface area contributed by atoms with E-state index in [1.54, 1.807) is 30.3 Å². The Kier molecular flexibility index (Phi) is 7.02. The van der Waals surface area contributed by atoms with E-state index in [1.165, 1.54) is 24.8 Å². The van der Waals surface area contributed by atoms with Crippen LogP contribution in [-0.2, 0) is 0 Å². The van der Waals surface area contributed by atoms with Gasteiger partial charge in [-0.2, -0.15) is 13.2 Å². The molecule has 3 rings (SSSR count). The maximum Gasteiger partial charge on any atom is 0.447 e. The van der Waals surface area contributed by atoms with E-state index in [2.05, 4.69) is 43.4 Å². The van der Waals surface area contributed by atoms with Gasteiger partial charge in [0.1, 0.15) is 16.5 Å². The highest BCUT2D eigenvalue weighted by Gasteiger charge is 2.33. The quantitative estimate of drug-likeness (QED) is 0.388. The minimum atomic E-state index is -4.48. The van der Waals surface area contributed by atoms with Crippen LogP contribution >= 0.6 is 27.7 Å². The highest BCUT2D eigenvalue weighted by atomic mass is 79.9. The fraction of sp³-hybridized carbons (Fsp3) is 0.200. The molecule has 0 unspecified atom stereocenters. The number of fused-ring (bicyclic) bond motifs is 1. The van der Waals surface area contributed by atoms with Gasteiger partial charge in [0, 0.05) is 30.6 Å². The number of amides is 1. The van der Waals surface area contributed by atoms with Crippen LogP contribution in [0.3, 0.4) is 0 Å². The van der Waals surface area contributed by atoms with Crippen molar-refractivity contribution in [2.45, 2.75) is 10.5 Å². The number of anilines is 1. The van der Waals surface area contributed by atoms with Gasteiger partial charge >= 0.3 is 5.51 Å². The third-order valence-electron chi connectivity index (χ3n) is 4.04. The summed E-state index contributed by atoms with van der Waals surface area (Å²) in [5.41, 5.74) is -3.09. The van der Waals surface area contributed by atoms with Crippen molar-refractivity contribution >= 4 is 44.9 Å². The van der Waals surface area contributed by atoms with Gasteiger partial charge in [-0.3, -0.25) is 9.20 Å². The molecule has 0 aliphatic carbocycles. The van der Waals surface area contributed by atoms with E-state index >= 15 is 0 Å². The van der Waals surface area contributed by atoms with Gasteiger partial charge in [0.15, 0.2) is 5.65 Å². The van der Waals surface area contributed by atoms with E-state index in [0.29, 0.717) is 27.1 Å². The van der Waals surface area contributed by atoms with Crippen LogP contribution in [0.4, 0.5) is 18.9 Å². The molecule has 31 heavy (non-hydrogen) atoms. The van der Waals surface area contributed by atoms with Crippen molar-refractivity contribution in [1.82, 2.24) is 14.7 Å². The summed E-state index contributed by atoms with van der Waals surface area (Å²) in [6, 6.07) is 8.17. The van der Waals surface area contributed by atoms with Gasteiger partial charge in [-0.1, -0.05) is 5.92 Å². The zero-order chi connectivity index (χ0) is 22.6. The van der Waals surface area contributed by atoms with E-state index < -0.39 is 5.51 Å². The molecule has 2 N–H and O–H groups in total. The standard InChI is InChI=1S/C20H16BrF3N4O2S/c1-25-18(29)12-7-8-14(16(11-12)30-2)26-9-3-6-15-19(31-20(22,23)24)28-10-4-5-13(21)17(28)27-15/h4-5,7-8,10-11,26H,9H2,1-2H3,(H,25,29). The Hall–Kier alpha value is -2.84. The Balaban J connectivity index is 1.84. The summed E-state index contributed by atoms with van der Waals surface area (Å²) < 4.78 is 46.3. The Morgan fingerprint density at radius 1 is 1.35 bits per heavy atom. The minimum Gasteiger partial charge on any atom is -0.495 e. The van der Waals surface area contributed by atoms with Crippen molar-refractivity contribution in [3.63, 3.8) is 0 Å². The normalized spacial score (nSPS) is 11.0. The van der Waals surface area contributed by atoms with Crippen molar-refractivity contribution < 1.29 is 22.7 Å². The number of rotatable bonds is 5. The maximum atomic E-state index is 13.0. The predicted octanol–water partition coefficient (Wildman–Crippen LogP) is 4.54. The molecule has 2 aromatic heterocycles. The van der Waals surface area contributed by atoms with Gasteiger partial charge in [0.25, 0.3) is 5.91 Å². The lowest BCUT2D eigenvalue weighted by atomic mass is 10.1. The van der Waals surface area contributed by atoms with Crippen molar-refractivity contribution in [1.29, 1.82) is 0 Å². The molecule has 3 aromatic rings. The van der Waals surface area contributed by atoms with Gasteiger partial charge in [0.2, 0.25) is 0 Å². The molecular weight excluding hydrogens is 497 g/mol. The smallest absolute Gasteiger partial charge is 0.447 e. The van der Waals surface area contributed by atoms with E-state index in [-0.39, 0.29) is 34.9 Å². The van der Waals surface area contributed by atoms with Gasteiger partial charge < -0.3 is 15.4 Å². The van der Waals surface area contributed by atoms with Crippen LogP contribution in [0.2, 0.25) is 0 Å². The number of halogens is 4. The fourth-order valence-electron chi connectivity index (χ4n) is 2.69. The van der Waals surface area contributed by atoms with Crippen molar-refractivity contribution in [2.75, 3.05) is 26.0 Å². The topological polar surface area (TPSA) is 67.7 Å². The molecule has 0 aliphatic rings. The van der Waals surface area contributed by atoms with E-state index in [4.69, 9.17) is 4.74 Å². The van der Waals surface area contributed by atoms with Crippen LogP contribution in [0.5, 0.6) is 5.75 Å². The van der Waals surface area contributed by atoms with E-state index in [0.717, 1.165) is 0 Å². The molecule has 0 spiro atoms. The average molecular weight is 513 g/mol. The van der Waals surface area contributed by atoms with E-state index in [9.17, 15) is 18.0 Å². The number of imidazole rings is 1. The first kappa shape index (κ1) is 22.8. The lowest BCUT2D eigenvalue weighted by molar-refractivity contribution is -0.0330. The number of carbonyl (C=O) groups excluding carboxylic acids is 1. The highest BCUT2D eigenvalue weighted by Crippen LogP contribution is 2.39. The zero-order valence-corrected chi connectivity index (χ0v) is 18.7. The van der Waals surface area contributed by atoms with Crippen molar-refractivity contribution in [3.8, 4) is 17.6 Å². The number of hydrogen-bond acceptors (Lipinski definition) is 5. The molecule has 1 aromatic carbocycles. The monoisotopic (exact) mass is 512 g/mol. The Morgan fingerprint density at radius 3 is 2.81 bits per heavy atom. The first-order chi connectivity index (χ1) is 14.7. The molecule has 0 saturated heterocycles. The molecule has 2 heterocycles. The average Bonchev–Trinajstić information content (AvgIpc) is 3.07. The summed E-state index contributed by atoms with van der Waals surface area (Å²) in [6.07, 6.45) is 1.50. The number of alkyl halides is 3. The molecular formula is C20H16BrF3N4O2S. The van der Waals surface area contributed by atoms with Crippen LogP contribution in [-0.4, -0.2) is 41.5 Å². The lowest BCUT2D eigenvalue weighted by Gasteiger charge is -2.10. The summed E-state index contributed by atoms with van der Waals surface area (Å²) >= 11 is 3.03. The molecule has 11 heteroatoms. The molecule has 0 radical (unpaired) electrons. The van der Waals surface area contributed by atoms with Crippen LogP contribution < -0.4 is 15.4 Å². The second-order valence-electron chi connectivity index (χ2n) is 6.01. The highest BCUT2D eigenvalue weighted by molar-refractivity contribution is 9.10. The minimum absolute atomic E-state index is 0.0259. The maximum absolute atomic E-state index is 13.0. The molecule has 0 aliphatic heterocycles. The number of nitrogens with zero attached hydrogens (tertiary/aromatic N) is 2. The van der Waals surface area contributed by atoms with Crippen molar-refractivity contribution in [2.24, 2.45) is 0 Å². The largest absolute Gasteiger partial charge is 0.495 e. The number of carbonyl (C=O) groups is 1. The summed E-state index contributed by atoms with van der Waals surface area (Å²) in [4.78, 5) is 16.0. The van der Waals surface area contributed by atoms with Gasteiger partial charge in [-0.15, -0.1) is 0 Å². The molecule has 1 amide bonds. The lowest BCUT2D eigenvalue weighted by Crippen LogP contribution is -2.17. The molecule has 0 fully saturated rings. The van der Waals surface area contributed by atoms with Crippen LogP contribution in [0.15, 0.2) is 46.0 Å². The number of nitrogens with one attached hydrogen (secondary N) is 2. The van der Waals surface area contributed by atoms with Crippen LogP contribution in [0, 0.1) is 11.8 Å². The molecule has 0 atom stereocenters. The Morgan fingerprint density at radius 2 is 2.13 bits per heavy atom. The second-order valence-corrected chi connectivity index (χ2v) is 7.92. The zero-order valence-electron chi connectivity index (χ0n) is 16.3. The molecule has 0 saturated carbocycles.